The van der Waals surface area contributed by atoms with E-state index < -0.39 is 0 Å². The molecule has 0 atom stereocenters. The van der Waals surface area contributed by atoms with Gasteiger partial charge in [-0.15, -0.1) is 0 Å². The van der Waals surface area contributed by atoms with Crippen LogP contribution in [0.3, 0.4) is 0 Å². The first-order valence-electron chi connectivity index (χ1n) is 6.96. The zero-order valence-corrected chi connectivity index (χ0v) is 13.5. The van der Waals surface area contributed by atoms with Gasteiger partial charge in [0.1, 0.15) is 11.5 Å². The Kier molecular flexibility index (Phi) is 4.86. The van der Waals surface area contributed by atoms with Gasteiger partial charge in [0.05, 0.1) is 6.61 Å². The van der Waals surface area contributed by atoms with Gasteiger partial charge in [-0.1, -0.05) is 25.4 Å². The third kappa shape index (κ3) is 3.55. The quantitative estimate of drug-likeness (QED) is 0.885. The van der Waals surface area contributed by atoms with Crippen LogP contribution in [-0.2, 0) is 6.61 Å². The predicted molar refractivity (Wildman–Crippen MR) is 85.2 cm³/mol. The molecule has 0 bridgehead atoms. The Balaban J connectivity index is 2.44. The number of nitrogens with zero attached hydrogens (tertiary/aromatic N) is 1. The van der Waals surface area contributed by atoms with Gasteiger partial charge >= 0.3 is 0 Å². The summed E-state index contributed by atoms with van der Waals surface area (Å²) in [7, 11) is 0. The number of benzene rings is 1. The molecular weight excluding hydrogens is 286 g/mol. The predicted octanol–water partition coefficient (Wildman–Crippen LogP) is 4.76. The Bertz CT molecular complexity index is 653. The summed E-state index contributed by atoms with van der Waals surface area (Å²) in [6, 6.07) is 5.72. The van der Waals surface area contributed by atoms with E-state index in [9.17, 15) is 5.11 Å². The third-order valence-corrected chi connectivity index (χ3v) is 3.71. The molecule has 1 heterocycles. The van der Waals surface area contributed by atoms with Gasteiger partial charge in [0.15, 0.2) is 0 Å². The molecule has 0 spiro atoms. The number of pyridine rings is 1. The number of rotatable bonds is 4. The van der Waals surface area contributed by atoms with E-state index >= 15 is 0 Å². The molecule has 4 heteroatoms. The first kappa shape index (κ1) is 15.8. The van der Waals surface area contributed by atoms with Crippen LogP contribution in [0, 0.1) is 13.8 Å². The monoisotopic (exact) mass is 305 g/mol. The third-order valence-electron chi connectivity index (χ3n) is 3.39. The van der Waals surface area contributed by atoms with Crippen LogP contribution in [0.5, 0.6) is 11.5 Å². The van der Waals surface area contributed by atoms with E-state index in [4.69, 9.17) is 16.3 Å². The summed E-state index contributed by atoms with van der Waals surface area (Å²) in [6.07, 6.45) is 1.64. The molecule has 0 saturated heterocycles. The van der Waals surface area contributed by atoms with Gasteiger partial charge in [-0.3, -0.25) is 4.98 Å². The van der Waals surface area contributed by atoms with Crippen LogP contribution < -0.4 is 4.74 Å². The van der Waals surface area contributed by atoms with E-state index in [2.05, 4.69) is 18.8 Å². The van der Waals surface area contributed by atoms with E-state index in [-0.39, 0.29) is 6.61 Å². The van der Waals surface area contributed by atoms with E-state index in [1.54, 1.807) is 6.20 Å². The number of ether oxygens (including phenoxy) is 1. The van der Waals surface area contributed by atoms with Crippen LogP contribution in [0.1, 0.15) is 42.1 Å². The number of aliphatic hydroxyl groups excluding tert-OH is 1. The van der Waals surface area contributed by atoms with Crippen molar-refractivity contribution in [3.05, 3.63) is 51.8 Å². The fourth-order valence-corrected chi connectivity index (χ4v) is 2.55. The van der Waals surface area contributed by atoms with E-state index in [1.165, 1.54) is 0 Å². The number of aliphatic hydroxyl groups is 1. The molecule has 0 unspecified atom stereocenters. The normalized spacial score (nSPS) is 11.0. The summed E-state index contributed by atoms with van der Waals surface area (Å²) >= 11 is 6.28. The number of hydrogen-bond acceptors (Lipinski definition) is 3. The molecule has 112 valence electrons. The van der Waals surface area contributed by atoms with Crippen molar-refractivity contribution in [3.8, 4) is 11.5 Å². The van der Waals surface area contributed by atoms with Crippen LogP contribution in [0.25, 0.3) is 0 Å². The number of aromatic nitrogens is 1. The van der Waals surface area contributed by atoms with Crippen LogP contribution in [-0.4, -0.2) is 10.1 Å². The second-order valence-electron chi connectivity index (χ2n) is 5.49. The average Bonchev–Trinajstić information content (AvgIpc) is 2.41. The van der Waals surface area contributed by atoms with Crippen molar-refractivity contribution < 1.29 is 9.84 Å². The first-order valence-corrected chi connectivity index (χ1v) is 7.34. The maximum atomic E-state index is 9.40. The highest BCUT2D eigenvalue weighted by molar-refractivity contribution is 6.31. The Labute approximate surface area is 130 Å². The molecule has 2 aromatic rings. The number of hydrogen-bond donors (Lipinski definition) is 1. The fourth-order valence-electron chi connectivity index (χ4n) is 2.12. The lowest BCUT2D eigenvalue weighted by atomic mass is 10.0. The van der Waals surface area contributed by atoms with Gasteiger partial charge in [-0.2, -0.15) is 0 Å². The number of halogens is 1. The average molecular weight is 306 g/mol. The molecule has 2 rings (SSSR count). The lowest BCUT2D eigenvalue weighted by molar-refractivity contribution is 0.276. The van der Waals surface area contributed by atoms with Crippen molar-refractivity contribution >= 4 is 11.6 Å². The zero-order valence-electron chi connectivity index (χ0n) is 12.8. The molecule has 3 nitrogen and oxygen atoms in total. The zero-order chi connectivity index (χ0) is 15.6. The smallest absolute Gasteiger partial charge is 0.136 e. The highest BCUT2D eigenvalue weighted by Crippen LogP contribution is 2.34. The van der Waals surface area contributed by atoms with E-state index in [1.807, 2.05) is 32.0 Å². The summed E-state index contributed by atoms with van der Waals surface area (Å²) in [5, 5.41) is 10.2. The van der Waals surface area contributed by atoms with Crippen molar-refractivity contribution in [1.29, 1.82) is 0 Å². The number of aryl methyl sites for hydroxylation is 2. The molecule has 0 aliphatic carbocycles. The standard InChI is InChI=1S/C17H20ClNO2/c1-10(2)14-7-16(11(3)5-15(14)18)21-17-6-12(4)19-8-13(17)9-20/h5-8,10,20H,9H2,1-4H3. The van der Waals surface area contributed by atoms with Crippen molar-refractivity contribution in [2.75, 3.05) is 0 Å². The first-order chi connectivity index (χ1) is 9.92. The molecule has 0 aliphatic heterocycles. The lowest BCUT2D eigenvalue weighted by Gasteiger charge is -2.16. The highest BCUT2D eigenvalue weighted by Gasteiger charge is 2.12. The molecule has 0 amide bonds. The Hall–Kier alpha value is -1.58. The Morgan fingerprint density at radius 2 is 1.90 bits per heavy atom. The largest absolute Gasteiger partial charge is 0.457 e. The molecule has 21 heavy (non-hydrogen) atoms. The fraction of sp³-hybridized carbons (Fsp3) is 0.353. The second kappa shape index (κ2) is 6.46. The van der Waals surface area contributed by atoms with Gasteiger partial charge in [0.25, 0.3) is 0 Å². The van der Waals surface area contributed by atoms with Gasteiger partial charge in [-0.05, 0) is 43.0 Å². The maximum absolute atomic E-state index is 9.40. The van der Waals surface area contributed by atoms with Crippen LogP contribution in [0.15, 0.2) is 24.4 Å². The van der Waals surface area contributed by atoms with Crippen molar-refractivity contribution in [2.45, 2.75) is 40.2 Å². The molecule has 1 N–H and O–H groups in total. The van der Waals surface area contributed by atoms with Crippen molar-refractivity contribution in [3.63, 3.8) is 0 Å². The van der Waals surface area contributed by atoms with Crippen LogP contribution >= 0.6 is 11.6 Å². The Morgan fingerprint density at radius 3 is 2.52 bits per heavy atom. The maximum Gasteiger partial charge on any atom is 0.136 e. The molecule has 0 fully saturated rings. The lowest BCUT2D eigenvalue weighted by Crippen LogP contribution is -1.98. The molecule has 1 aromatic heterocycles. The topological polar surface area (TPSA) is 42.4 Å². The van der Waals surface area contributed by atoms with Crippen molar-refractivity contribution in [2.24, 2.45) is 0 Å². The summed E-state index contributed by atoms with van der Waals surface area (Å²) in [6.45, 7) is 7.93. The minimum absolute atomic E-state index is 0.105. The summed E-state index contributed by atoms with van der Waals surface area (Å²) in [4.78, 5) is 4.17. The molecule has 1 aromatic carbocycles. The van der Waals surface area contributed by atoms with E-state index in [0.29, 0.717) is 17.2 Å². The minimum atomic E-state index is -0.105. The summed E-state index contributed by atoms with van der Waals surface area (Å²) in [5.41, 5.74) is 3.52. The van der Waals surface area contributed by atoms with Gasteiger partial charge in [0.2, 0.25) is 0 Å². The van der Waals surface area contributed by atoms with Crippen LogP contribution in [0.2, 0.25) is 5.02 Å². The van der Waals surface area contributed by atoms with Gasteiger partial charge in [0, 0.05) is 28.5 Å². The molecule has 0 radical (unpaired) electrons. The van der Waals surface area contributed by atoms with Crippen LogP contribution in [0.4, 0.5) is 0 Å². The highest BCUT2D eigenvalue weighted by atomic mass is 35.5. The van der Waals surface area contributed by atoms with Gasteiger partial charge in [-0.25, -0.2) is 0 Å². The molecule has 0 saturated carbocycles. The molecular formula is C17H20ClNO2. The second-order valence-corrected chi connectivity index (χ2v) is 5.89. The summed E-state index contributed by atoms with van der Waals surface area (Å²) < 4.78 is 6.00. The Morgan fingerprint density at radius 1 is 1.19 bits per heavy atom. The minimum Gasteiger partial charge on any atom is -0.457 e. The summed E-state index contributed by atoms with van der Waals surface area (Å²) in [5.74, 6) is 1.70. The van der Waals surface area contributed by atoms with Gasteiger partial charge < -0.3 is 9.84 Å². The molecule has 0 aliphatic rings. The van der Waals surface area contributed by atoms with E-state index in [0.717, 1.165) is 27.6 Å². The SMILES string of the molecule is Cc1cc(Oc2cc(C(C)C)c(Cl)cc2C)c(CO)cn1. The van der Waals surface area contributed by atoms with Crippen molar-refractivity contribution in [1.82, 2.24) is 4.98 Å².